The van der Waals surface area contributed by atoms with Crippen molar-refractivity contribution in [1.29, 1.82) is 0 Å². The van der Waals surface area contributed by atoms with E-state index in [2.05, 4.69) is 63.2 Å². The molecule has 30 N–H and O–H groups in total. The van der Waals surface area contributed by atoms with Crippen LogP contribution in [0.15, 0.2) is 58.5 Å². The molecule has 0 spiro atoms. The number of amides is 12. The molecule has 38 nitrogen and oxygen atoms in total. The summed E-state index contributed by atoms with van der Waals surface area (Å²) in [4.78, 5) is 199. The molecule has 0 aromatic heterocycles. The Kier molecular flexibility index (Phi) is 40.3. The molecule has 11 atom stereocenters. The molecule has 2 rings (SSSR count). The lowest BCUT2D eigenvalue weighted by atomic mass is 9.99. The molecule has 0 aliphatic carbocycles. The van der Waals surface area contributed by atoms with E-state index >= 15 is 0 Å². The van der Waals surface area contributed by atoms with Gasteiger partial charge in [0.05, 0.1) is 18.9 Å². The molecule has 0 radical (unpaired) electrons. The van der Waals surface area contributed by atoms with Gasteiger partial charge >= 0.3 is 11.9 Å². The van der Waals surface area contributed by atoms with Crippen molar-refractivity contribution in [2.45, 2.75) is 190 Å². The van der Waals surface area contributed by atoms with Crippen LogP contribution in [0.3, 0.4) is 0 Å². The fraction of sp³-hybridized carbons (Fsp3) is 0.569. The van der Waals surface area contributed by atoms with Crippen molar-refractivity contribution in [2.24, 2.45) is 67.7 Å². The molecule has 0 fully saturated rings. The number of hydrogen-bond donors (Lipinski definition) is 22. The second-order valence-electron chi connectivity index (χ2n) is 25.3. The van der Waals surface area contributed by atoms with Gasteiger partial charge in [0.25, 0.3) is 0 Å². The van der Waals surface area contributed by atoms with E-state index in [1.54, 1.807) is 20.1 Å². The quantitative estimate of drug-likeness (QED) is 0.0167. The fourth-order valence-electron chi connectivity index (χ4n) is 10.2. The first-order valence-corrected chi connectivity index (χ1v) is 35.0. The summed E-state index contributed by atoms with van der Waals surface area (Å²) in [5, 5.41) is 64.5. The Hall–Kier alpha value is -10.6. The predicted octanol–water partition coefficient (Wildman–Crippen LogP) is -5.55. The van der Waals surface area contributed by atoms with E-state index in [0.29, 0.717) is 17.5 Å². The zero-order valence-corrected chi connectivity index (χ0v) is 59.8. The average Bonchev–Trinajstić information content (AvgIpc) is 0.850. The minimum Gasteiger partial charge on any atom is -0.508 e. The van der Waals surface area contributed by atoms with E-state index in [0.717, 1.165) is 0 Å². The largest absolute Gasteiger partial charge is 0.508 e. The maximum atomic E-state index is 14.7. The van der Waals surface area contributed by atoms with Crippen LogP contribution in [0.5, 0.6) is 11.5 Å². The highest BCUT2D eigenvalue weighted by atomic mass is 32.2. The number of rotatable bonds is 50. The summed E-state index contributed by atoms with van der Waals surface area (Å²) in [5.74, 6) is -16.8. The monoisotopic (exact) mass is 1480 g/mol. The second-order valence-corrected chi connectivity index (χ2v) is 26.3. The summed E-state index contributed by atoms with van der Waals surface area (Å²) in [6.45, 7) is 6.48. The first-order chi connectivity index (χ1) is 48.9. The van der Waals surface area contributed by atoms with Crippen molar-refractivity contribution in [2.75, 3.05) is 31.6 Å². The number of carbonyl (C=O) groups excluding carboxylic acids is 12. The number of guanidine groups is 2. The SMILES string of the molecule is CSCC[C@H](NC(=O)[C@H](CCCCN)NC(=O)[C@H](CCCN=C(N)N)NC(=O)[C@H](CCCN=C(N)N)NC(=O)[C@H](CC(N)=O)NC(=O)[C@@H](NC(=O)[C@H](Cc1ccc(O)cc1)NC(=O)[C@H](CC(=O)O)NC(=O)[C@@H](N)CC(C)C)C(C)C)C(=O)N[C@@H](Cc1ccc(O)cc1)C(=O)N[C@@H](CCC(N)=O)C(=O)O. The van der Waals surface area contributed by atoms with E-state index in [-0.39, 0.29) is 119 Å². The van der Waals surface area contributed by atoms with Crippen molar-refractivity contribution in [3.8, 4) is 11.5 Å². The van der Waals surface area contributed by atoms with Crippen LogP contribution >= 0.6 is 11.8 Å². The molecular weight excluding hydrogens is 1380 g/mol. The first-order valence-electron chi connectivity index (χ1n) is 33.6. The second kappa shape index (κ2) is 46.8. The lowest BCUT2D eigenvalue weighted by Crippen LogP contribution is -2.61. The minimum atomic E-state index is -1.90. The van der Waals surface area contributed by atoms with Crippen molar-refractivity contribution < 1.29 is 87.5 Å². The predicted molar refractivity (Wildman–Crippen MR) is 383 cm³/mol. The molecule has 2 aromatic rings. The Morgan fingerprint density at radius 2 is 0.798 bits per heavy atom. The van der Waals surface area contributed by atoms with Crippen LogP contribution in [0.4, 0.5) is 0 Å². The fourth-order valence-corrected chi connectivity index (χ4v) is 10.6. The number of unbranched alkanes of at least 4 members (excludes halogenated alkanes) is 1. The number of carboxylic acid groups (broad SMARTS) is 2. The van der Waals surface area contributed by atoms with E-state index < -0.39 is 181 Å². The van der Waals surface area contributed by atoms with Crippen molar-refractivity contribution in [1.82, 2.24) is 53.2 Å². The van der Waals surface area contributed by atoms with E-state index in [1.807, 2.05) is 0 Å². The molecule has 12 amide bonds. The molecule has 2 aromatic carbocycles. The molecule has 0 bridgehead atoms. The smallest absolute Gasteiger partial charge is 0.326 e. The van der Waals surface area contributed by atoms with Gasteiger partial charge in [-0.1, -0.05) is 52.0 Å². The number of benzene rings is 2. The van der Waals surface area contributed by atoms with Gasteiger partial charge in [-0.15, -0.1) is 0 Å². The number of nitrogens with two attached hydrogens (primary N) is 8. The number of aliphatic carboxylic acids is 2. The number of nitrogens with one attached hydrogen (secondary N) is 10. The first kappa shape index (κ1) is 89.5. The number of phenolic OH excluding ortho intramolecular Hbond substituents is 2. The lowest BCUT2D eigenvalue weighted by molar-refractivity contribution is -0.143. The Labute approximate surface area is 605 Å². The van der Waals surface area contributed by atoms with Gasteiger partial charge < -0.3 is 119 Å². The molecule has 39 heteroatoms. The van der Waals surface area contributed by atoms with Gasteiger partial charge in [0.2, 0.25) is 70.9 Å². The number of phenols is 2. The van der Waals surface area contributed by atoms with Crippen LogP contribution in [-0.4, -0.2) is 213 Å². The van der Waals surface area contributed by atoms with Crippen LogP contribution in [0.2, 0.25) is 0 Å². The Bertz CT molecular complexity index is 3280. The van der Waals surface area contributed by atoms with Gasteiger partial charge in [-0.3, -0.25) is 72.3 Å². The van der Waals surface area contributed by atoms with E-state index in [9.17, 15) is 87.5 Å². The minimum absolute atomic E-state index is 0.00259. The Morgan fingerprint density at radius 3 is 1.17 bits per heavy atom. The lowest BCUT2D eigenvalue weighted by Gasteiger charge is -2.29. The number of hydrogen-bond acceptors (Lipinski definition) is 21. The zero-order chi connectivity index (χ0) is 78.3. The molecule has 0 saturated heterocycles. The number of thioether (sulfide) groups is 1. The highest BCUT2D eigenvalue weighted by Crippen LogP contribution is 2.17. The third-order valence-electron chi connectivity index (χ3n) is 15.7. The average molecular weight is 1490 g/mol. The Balaban J connectivity index is 2.64. The van der Waals surface area contributed by atoms with Gasteiger partial charge in [0.15, 0.2) is 11.9 Å². The standard InChI is InChI=1S/C65H104N20O18S/c1-33(2)28-39(67)53(92)81-48(32-51(90)91)60(99)83-46(30-36-15-19-38(87)20-16-36)61(100)85-52(34(3)4)62(101)84-47(31-50(69)89)59(98)78-42(12-9-26-75-65(72)73)56(95)77-41(11-8-25-74-64(70)71)55(94)76-40(10-6-7-24-66)54(93)79-43(23-27-104-5)57(96)82-45(29-35-13-17-37(86)18-14-35)58(97)80-44(63(102)103)21-22-49(68)88/h13-20,33-34,39-48,52,86-87H,6-12,21-32,66-67H2,1-5H3,(H2,68,88)(H2,69,89)(H,76,94)(H,77,95)(H,78,98)(H,79,93)(H,80,97)(H,81,92)(H,82,96)(H,83,99)(H,84,101)(H,85,100)(H,90,91)(H,102,103)(H4,70,71,74)(H4,72,73,75)/t39-,40-,41-,42-,43-,44-,45-,46-,47-,48-,52-/m0/s1. The highest BCUT2D eigenvalue weighted by molar-refractivity contribution is 7.98. The van der Waals surface area contributed by atoms with Crippen LogP contribution in [0.25, 0.3) is 0 Å². The van der Waals surface area contributed by atoms with Gasteiger partial charge in [0, 0.05) is 32.4 Å². The molecule has 0 aliphatic heterocycles. The highest BCUT2D eigenvalue weighted by Gasteiger charge is 2.38. The normalized spacial score (nSPS) is 14.2. The summed E-state index contributed by atoms with van der Waals surface area (Å²) >= 11 is 1.29. The van der Waals surface area contributed by atoms with Crippen LogP contribution in [0.1, 0.15) is 122 Å². The molecule has 0 saturated carbocycles. The molecule has 0 unspecified atom stereocenters. The van der Waals surface area contributed by atoms with Gasteiger partial charge in [0.1, 0.15) is 71.9 Å². The van der Waals surface area contributed by atoms with Crippen molar-refractivity contribution >= 4 is 107 Å². The molecular formula is C65H104N20O18S. The summed E-state index contributed by atoms with van der Waals surface area (Å²) in [5.41, 5.74) is 45.7. The van der Waals surface area contributed by atoms with Gasteiger partial charge in [-0.05, 0) is 130 Å². The number of primary amides is 2. The summed E-state index contributed by atoms with van der Waals surface area (Å²) in [7, 11) is 0. The molecule has 578 valence electrons. The number of aromatic hydroxyl groups is 2. The van der Waals surface area contributed by atoms with E-state index in [1.165, 1.54) is 74.1 Å². The number of aliphatic imine (C=N–C) groups is 2. The van der Waals surface area contributed by atoms with Crippen molar-refractivity contribution in [3.05, 3.63) is 59.7 Å². The van der Waals surface area contributed by atoms with Gasteiger partial charge in [-0.25, -0.2) is 4.79 Å². The van der Waals surface area contributed by atoms with Gasteiger partial charge in [-0.2, -0.15) is 11.8 Å². The topological polar surface area (TPSA) is 673 Å². The third kappa shape index (κ3) is 35.4. The summed E-state index contributed by atoms with van der Waals surface area (Å²) in [6, 6.07) is -6.38. The number of nitrogens with zero attached hydrogens (tertiary/aromatic N) is 2. The summed E-state index contributed by atoms with van der Waals surface area (Å²) < 4.78 is 0. The summed E-state index contributed by atoms with van der Waals surface area (Å²) in [6.07, 6.45) is -1.58. The van der Waals surface area contributed by atoms with Crippen LogP contribution in [0, 0.1) is 11.8 Å². The van der Waals surface area contributed by atoms with Crippen LogP contribution in [-0.2, 0) is 80.0 Å². The maximum Gasteiger partial charge on any atom is 0.326 e. The van der Waals surface area contributed by atoms with E-state index in [4.69, 9.17) is 45.9 Å². The third-order valence-corrected chi connectivity index (χ3v) is 16.3. The van der Waals surface area contributed by atoms with Crippen molar-refractivity contribution in [3.63, 3.8) is 0 Å². The molecule has 0 aliphatic rings. The number of carboxylic acids is 2. The maximum absolute atomic E-state index is 14.7. The number of carbonyl (C=O) groups is 14. The molecule has 0 heterocycles. The zero-order valence-electron chi connectivity index (χ0n) is 59.0. The molecule has 104 heavy (non-hydrogen) atoms. The van der Waals surface area contributed by atoms with Crippen LogP contribution < -0.4 is 99.0 Å². The Morgan fingerprint density at radius 1 is 0.433 bits per heavy atom.